The summed E-state index contributed by atoms with van der Waals surface area (Å²) in [6.45, 7) is 6.27. The van der Waals surface area contributed by atoms with Crippen molar-refractivity contribution >= 4 is 28.2 Å². The number of nitrogens with one attached hydrogen (secondary N) is 1. The molecule has 1 amide bonds. The van der Waals surface area contributed by atoms with Crippen LogP contribution in [0.4, 0.5) is 5.00 Å². The van der Waals surface area contributed by atoms with Gasteiger partial charge in [-0.1, -0.05) is 32.0 Å². The van der Waals surface area contributed by atoms with Crippen LogP contribution in [0.5, 0.6) is 5.75 Å². The molecule has 0 saturated heterocycles. The summed E-state index contributed by atoms with van der Waals surface area (Å²) < 4.78 is 11.1. The summed E-state index contributed by atoms with van der Waals surface area (Å²) in [6.07, 6.45) is 4.96. The Morgan fingerprint density at radius 3 is 2.69 bits per heavy atom. The molecule has 1 aromatic carbocycles. The molecule has 5 nitrogen and oxygen atoms in total. The van der Waals surface area contributed by atoms with Crippen LogP contribution in [0, 0.1) is 0 Å². The van der Waals surface area contributed by atoms with Gasteiger partial charge in [0.05, 0.1) is 12.2 Å². The van der Waals surface area contributed by atoms with Crippen molar-refractivity contribution < 1.29 is 19.1 Å². The van der Waals surface area contributed by atoms with Gasteiger partial charge in [-0.2, -0.15) is 0 Å². The zero-order chi connectivity index (χ0) is 20.8. The molecule has 1 aliphatic carbocycles. The minimum absolute atomic E-state index is 0.0989. The number of fused-ring (bicyclic) bond motifs is 1. The fourth-order valence-electron chi connectivity index (χ4n) is 3.62. The fraction of sp³-hybridized carbons (Fsp3) is 0.478. The molecule has 0 spiro atoms. The van der Waals surface area contributed by atoms with Gasteiger partial charge in [-0.15, -0.1) is 11.3 Å². The standard InChI is InChI=1S/C23H29NO4S/c1-4-15(3)16-10-6-8-12-18(16)28-14-20(25)24-22-21(23(26)27-5-2)17-11-7-9-13-19(17)29-22/h6,8,10,12,15H,4-5,7,9,11,13-14H2,1-3H3,(H,24,25). The van der Waals surface area contributed by atoms with Gasteiger partial charge in [0.1, 0.15) is 10.8 Å². The summed E-state index contributed by atoms with van der Waals surface area (Å²) in [5, 5.41) is 3.48. The lowest BCUT2D eigenvalue weighted by molar-refractivity contribution is -0.118. The minimum atomic E-state index is -0.356. The van der Waals surface area contributed by atoms with E-state index in [0.29, 0.717) is 23.1 Å². The maximum absolute atomic E-state index is 12.6. The number of carbonyl (C=O) groups excluding carboxylic acids is 2. The van der Waals surface area contributed by atoms with Crippen molar-refractivity contribution in [1.82, 2.24) is 0 Å². The van der Waals surface area contributed by atoms with E-state index in [1.54, 1.807) is 6.92 Å². The third-order valence-corrected chi connectivity index (χ3v) is 6.53. The van der Waals surface area contributed by atoms with Crippen LogP contribution in [0.15, 0.2) is 24.3 Å². The van der Waals surface area contributed by atoms with Gasteiger partial charge in [0.2, 0.25) is 0 Å². The average molecular weight is 416 g/mol. The summed E-state index contributed by atoms with van der Waals surface area (Å²) in [5.41, 5.74) is 2.67. The number of rotatable bonds is 8. The highest BCUT2D eigenvalue weighted by atomic mass is 32.1. The number of ether oxygens (including phenoxy) is 2. The molecule has 2 aromatic rings. The van der Waals surface area contributed by atoms with Crippen LogP contribution in [0.2, 0.25) is 0 Å². The number of hydrogen-bond acceptors (Lipinski definition) is 5. The van der Waals surface area contributed by atoms with Crippen LogP contribution < -0.4 is 10.1 Å². The molecule has 0 aliphatic heterocycles. The van der Waals surface area contributed by atoms with E-state index in [2.05, 4.69) is 19.2 Å². The van der Waals surface area contributed by atoms with Gasteiger partial charge in [-0.05, 0) is 62.1 Å². The number of hydrogen-bond donors (Lipinski definition) is 1. The number of para-hydroxylation sites is 1. The topological polar surface area (TPSA) is 64.6 Å². The monoisotopic (exact) mass is 415 g/mol. The third-order valence-electron chi connectivity index (χ3n) is 5.32. The van der Waals surface area contributed by atoms with E-state index in [0.717, 1.165) is 49.0 Å². The first-order chi connectivity index (χ1) is 14.0. The van der Waals surface area contributed by atoms with Gasteiger partial charge < -0.3 is 14.8 Å². The number of benzene rings is 1. The summed E-state index contributed by atoms with van der Waals surface area (Å²) in [7, 11) is 0. The van der Waals surface area contributed by atoms with Crippen LogP contribution in [0.1, 0.15) is 72.3 Å². The normalized spacial score (nSPS) is 14.0. The highest BCUT2D eigenvalue weighted by Crippen LogP contribution is 2.38. The molecule has 1 aliphatic rings. The van der Waals surface area contributed by atoms with Gasteiger partial charge in [-0.25, -0.2) is 4.79 Å². The maximum atomic E-state index is 12.6. The Morgan fingerprint density at radius 2 is 1.93 bits per heavy atom. The molecule has 29 heavy (non-hydrogen) atoms. The van der Waals surface area contributed by atoms with Gasteiger partial charge >= 0.3 is 5.97 Å². The first kappa shape index (κ1) is 21.4. The molecule has 1 aromatic heterocycles. The lowest BCUT2D eigenvalue weighted by Gasteiger charge is -2.15. The molecule has 0 radical (unpaired) electrons. The highest BCUT2D eigenvalue weighted by Gasteiger charge is 2.27. The van der Waals surface area contributed by atoms with Gasteiger partial charge in [0, 0.05) is 4.88 Å². The van der Waals surface area contributed by atoms with Gasteiger partial charge in [0.25, 0.3) is 5.91 Å². The first-order valence-electron chi connectivity index (χ1n) is 10.4. The van der Waals surface area contributed by atoms with Gasteiger partial charge in [0.15, 0.2) is 6.61 Å². The Hall–Kier alpha value is -2.34. The lowest BCUT2D eigenvalue weighted by atomic mass is 9.95. The summed E-state index contributed by atoms with van der Waals surface area (Å²) in [6, 6.07) is 7.82. The second-order valence-electron chi connectivity index (χ2n) is 7.32. The second kappa shape index (κ2) is 9.92. The van der Waals surface area contributed by atoms with Crippen molar-refractivity contribution in [3.8, 4) is 5.75 Å². The van der Waals surface area contributed by atoms with E-state index in [1.807, 2.05) is 24.3 Å². The van der Waals surface area contributed by atoms with Crippen LogP contribution in [-0.2, 0) is 22.4 Å². The maximum Gasteiger partial charge on any atom is 0.341 e. The zero-order valence-electron chi connectivity index (χ0n) is 17.4. The molecule has 1 atom stereocenters. The smallest absolute Gasteiger partial charge is 0.341 e. The van der Waals surface area contributed by atoms with Crippen molar-refractivity contribution in [2.24, 2.45) is 0 Å². The SMILES string of the molecule is CCOC(=O)c1c(NC(=O)COc2ccccc2C(C)CC)sc2c1CCCC2. The number of anilines is 1. The van der Waals surface area contributed by atoms with E-state index >= 15 is 0 Å². The Kier molecular flexibility index (Phi) is 7.31. The summed E-state index contributed by atoms with van der Waals surface area (Å²) in [5.74, 6) is 0.458. The Balaban J connectivity index is 1.73. The molecule has 1 N–H and O–H groups in total. The fourth-order valence-corrected chi connectivity index (χ4v) is 4.91. The predicted molar refractivity (Wildman–Crippen MR) is 116 cm³/mol. The number of amides is 1. The minimum Gasteiger partial charge on any atom is -0.483 e. The molecule has 0 fully saturated rings. The molecule has 0 saturated carbocycles. The quantitative estimate of drug-likeness (QED) is 0.592. The van der Waals surface area contributed by atoms with E-state index in [1.165, 1.54) is 16.2 Å². The van der Waals surface area contributed by atoms with Crippen molar-refractivity contribution in [3.63, 3.8) is 0 Å². The lowest BCUT2D eigenvalue weighted by Crippen LogP contribution is -2.21. The number of carbonyl (C=O) groups is 2. The van der Waals surface area contributed by atoms with Crippen molar-refractivity contribution in [2.75, 3.05) is 18.5 Å². The summed E-state index contributed by atoms with van der Waals surface area (Å²) in [4.78, 5) is 26.3. The van der Waals surface area contributed by atoms with Crippen LogP contribution in [-0.4, -0.2) is 25.1 Å². The number of aryl methyl sites for hydroxylation is 1. The molecule has 3 rings (SSSR count). The zero-order valence-corrected chi connectivity index (χ0v) is 18.2. The largest absolute Gasteiger partial charge is 0.483 e. The van der Waals surface area contributed by atoms with Crippen LogP contribution in [0.25, 0.3) is 0 Å². The molecule has 0 bridgehead atoms. The average Bonchev–Trinajstić information content (AvgIpc) is 3.09. The van der Waals surface area contributed by atoms with E-state index in [4.69, 9.17) is 9.47 Å². The number of thiophene rings is 1. The predicted octanol–water partition coefficient (Wildman–Crippen LogP) is 5.33. The Morgan fingerprint density at radius 1 is 1.17 bits per heavy atom. The van der Waals surface area contributed by atoms with E-state index < -0.39 is 0 Å². The molecular weight excluding hydrogens is 386 g/mol. The second-order valence-corrected chi connectivity index (χ2v) is 8.42. The van der Waals surface area contributed by atoms with Gasteiger partial charge in [-0.3, -0.25) is 4.79 Å². The molecule has 6 heteroatoms. The molecule has 1 heterocycles. The van der Waals surface area contributed by atoms with Crippen molar-refractivity contribution in [2.45, 2.75) is 58.8 Å². The summed E-state index contributed by atoms with van der Waals surface area (Å²) >= 11 is 1.49. The van der Waals surface area contributed by atoms with Crippen LogP contribution >= 0.6 is 11.3 Å². The molecular formula is C23H29NO4S. The van der Waals surface area contributed by atoms with E-state index in [9.17, 15) is 9.59 Å². The number of esters is 1. The Labute approximate surface area is 176 Å². The Bertz CT molecular complexity index is 874. The van der Waals surface area contributed by atoms with Crippen molar-refractivity contribution in [1.29, 1.82) is 0 Å². The van der Waals surface area contributed by atoms with E-state index in [-0.39, 0.29) is 18.5 Å². The highest BCUT2D eigenvalue weighted by molar-refractivity contribution is 7.17. The molecule has 1 unspecified atom stereocenters. The van der Waals surface area contributed by atoms with Crippen LogP contribution in [0.3, 0.4) is 0 Å². The first-order valence-corrected chi connectivity index (χ1v) is 11.2. The third kappa shape index (κ3) is 4.99. The van der Waals surface area contributed by atoms with Crippen molar-refractivity contribution in [3.05, 3.63) is 45.8 Å². The molecule has 156 valence electrons.